The van der Waals surface area contributed by atoms with E-state index >= 15 is 0 Å². The van der Waals surface area contributed by atoms with Gasteiger partial charge in [0.1, 0.15) is 0 Å². The molecule has 3 heteroatoms. The number of carbonyl (C=O) groups is 1. The van der Waals surface area contributed by atoms with Gasteiger partial charge < -0.3 is 0 Å². The summed E-state index contributed by atoms with van der Waals surface area (Å²) >= 11 is 7.19. The van der Waals surface area contributed by atoms with Gasteiger partial charge in [0.15, 0.2) is 0 Å². The summed E-state index contributed by atoms with van der Waals surface area (Å²) in [7, 11) is 0. The van der Waals surface area contributed by atoms with Crippen LogP contribution in [0.3, 0.4) is 0 Å². The fraction of sp³-hybridized carbons (Fsp3) is 0.500. The van der Waals surface area contributed by atoms with Crippen molar-refractivity contribution in [2.45, 2.75) is 43.9 Å². The fourth-order valence-corrected chi connectivity index (χ4v) is 2.42. The molecule has 0 aliphatic carbocycles. The van der Waals surface area contributed by atoms with Crippen LogP contribution >= 0.6 is 23.4 Å². The first-order chi connectivity index (χ1) is 8.17. The highest BCUT2D eigenvalue weighted by atomic mass is 35.5. The molecule has 1 nitrogen and oxygen atoms in total. The Bertz CT molecular complexity index is 376. The maximum Gasteiger partial charge on any atom is 0.252 e. The Hall–Kier alpha value is -0.470. The van der Waals surface area contributed by atoms with Gasteiger partial charge in [0, 0.05) is 10.5 Å². The van der Waals surface area contributed by atoms with E-state index in [1.165, 1.54) is 31.2 Å². The second-order valence-corrected chi connectivity index (χ2v) is 5.38. The molecule has 0 atom stereocenters. The third kappa shape index (κ3) is 5.13. The summed E-state index contributed by atoms with van der Waals surface area (Å²) in [5, 5.41) is -0.365. The van der Waals surface area contributed by atoms with Gasteiger partial charge in [-0.2, -0.15) is 0 Å². The number of aryl methyl sites for hydroxylation is 1. The molecule has 0 aliphatic heterocycles. The molecule has 94 valence electrons. The molecule has 0 N–H and O–H groups in total. The van der Waals surface area contributed by atoms with Crippen LogP contribution in [0.25, 0.3) is 0 Å². The lowest BCUT2D eigenvalue weighted by molar-refractivity contribution is 0.108. The third-order valence-corrected chi connectivity index (χ3v) is 3.67. The molecule has 0 spiro atoms. The van der Waals surface area contributed by atoms with E-state index in [0.29, 0.717) is 5.56 Å². The monoisotopic (exact) mass is 270 g/mol. The molecule has 1 aromatic rings. The fourth-order valence-electron chi connectivity index (χ4n) is 1.79. The summed E-state index contributed by atoms with van der Waals surface area (Å²) in [4.78, 5) is 12.3. The van der Waals surface area contributed by atoms with Gasteiger partial charge in [0.25, 0.3) is 5.24 Å². The quantitative estimate of drug-likeness (QED) is 0.398. The van der Waals surface area contributed by atoms with E-state index in [1.54, 1.807) is 11.8 Å². The van der Waals surface area contributed by atoms with Crippen LogP contribution in [0.2, 0.25) is 0 Å². The molecule has 0 saturated carbocycles. The number of hydrogen-bond donors (Lipinski definition) is 0. The largest absolute Gasteiger partial charge is 0.276 e. The Labute approximate surface area is 113 Å². The average molecular weight is 271 g/mol. The second-order valence-electron chi connectivity index (χ2n) is 4.15. The summed E-state index contributed by atoms with van der Waals surface area (Å²) in [5.41, 5.74) is 1.83. The second kappa shape index (κ2) is 7.78. The van der Waals surface area contributed by atoms with Crippen molar-refractivity contribution in [3.63, 3.8) is 0 Å². The molecule has 1 aromatic carbocycles. The Kier molecular flexibility index (Phi) is 6.68. The zero-order valence-electron chi connectivity index (χ0n) is 10.5. The van der Waals surface area contributed by atoms with E-state index in [4.69, 9.17) is 11.6 Å². The Morgan fingerprint density at radius 3 is 2.59 bits per heavy atom. The van der Waals surface area contributed by atoms with E-state index < -0.39 is 0 Å². The Morgan fingerprint density at radius 1 is 1.24 bits per heavy atom. The van der Waals surface area contributed by atoms with Crippen molar-refractivity contribution in [1.29, 1.82) is 0 Å². The Morgan fingerprint density at radius 2 is 2.00 bits per heavy atom. The van der Waals surface area contributed by atoms with Crippen LogP contribution in [0, 0.1) is 0 Å². The third-order valence-electron chi connectivity index (χ3n) is 2.75. The molecular formula is C14H19ClOS. The van der Waals surface area contributed by atoms with E-state index in [9.17, 15) is 4.79 Å². The molecule has 0 aromatic heterocycles. The minimum Gasteiger partial charge on any atom is -0.276 e. The molecule has 0 heterocycles. The molecule has 1 rings (SSSR count). The molecule has 0 saturated heterocycles. The number of unbranched alkanes of at least 4 members (excludes halogenated alkanes) is 3. The molecule has 0 radical (unpaired) electrons. The topological polar surface area (TPSA) is 17.1 Å². The summed E-state index contributed by atoms with van der Waals surface area (Å²) in [6.45, 7) is 2.21. The van der Waals surface area contributed by atoms with Crippen LogP contribution < -0.4 is 0 Å². The van der Waals surface area contributed by atoms with Gasteiger partial charge in [0.05, 0.1) is 0 Å². The molecule has 17 heavy (non-hydrogen) atoms. The lowest BCUT2D eigenvalue weighted by Gasteiger charge is -2.06. The van der Waals surface area contributed by atoms with Crippen molar-refractivity contribution in [1.82, 2.24) is 0 Å². The van der Waals surface area contributed by atoms with Crippen molar-refractivity contribution in [2.24, 2.45) is 0 Å². The van der Waals surface area contributed by atoms with Gasteiger partial charge in [-0.15, -0.1) is 11.8 Å². The molecule has 0 unspecified atom stereocenters. The lowest BCUT2D eigenvalue weighted by atomic mass is 10.0. The standard InChI is InChI=1S/C14H19ClOS/c1-3-4-5-6-7-11-8-12(14(15)16)10-13(9-11)17-2/h8-10H,3-7H2,1-2H3. The predicted molar refractivity (Wildman–Crippen MR) is 76.3 cm³/mol. The highest BCUT2D eigenvalue weighted by molar-refractivity contribution is 7.98. The van der Waals surface area contributed by atoms with Crippen LogP contribution in [-0.2, 0) is 6.42 Å². The van der Waals surface area contributed by atoms with Gasteiger partial charge >= 0.3 is 0 Å². The first-order valence-corrected chi connectivity index (χ1v) is 7.65. The van der Waals surface area contributed by atoms with E-state index in [-0.39, 0.29) is 5.24 Å². The predicted octanol–water partition coefficient (Wildman–Crippen LogP) is 4.91. The van der Waals surface area contributed by atoms with Gasteiger partial charge in [-0.3, -0.25) is 4.79 Å². The summed E-state index contributed by atoms with van der Waals surface area (Å²) in [5.74, 6) is 0. The highest BCUT2D eigenvalue weighted by Gasteiger charge is 2.06. The minimum atomic E-state index is -0.365. The molecule has 0 fully saturated rings. The molecule has 0 amide bonds. The van der Waals surface area contributed by atoms with Gasteiger partial charge in [-0.05, 0) is 54.5 Å². The number of halogens is 1. The highest BCUT2D eigenvalue weighted by Crippen LogP contribution is 2.21. The molecule has 0 aliphatic rings. The normalized spacial score (nSPS) is 10.5. The summed E-state index contributed by atoms with van der Waals surface area (Å²) < 4.78 is 0. The smallest absolute Gasteiger partial charge is 0.252 e. The van der Waals surface area contributed by atoms with Crippen molar-refractivity contribution in [3.8, 4) is 0 Å². The van der Waals surface area contributed by atoms with E-state index in [2.05, 4.69) is 13.0 Å². The van der Waals surface area contributed by atoms with Crippen molar-refractivity contribution < 1.29 is 4.79 Å². The zero-order valence-corrected chi connectivity index (χ0v) is 12.0. The summed E-state index contributed by atoms with van der Waals surface area (Å²) in [6, 6.07) is 5.93. The van der Waals surface area contributed by atoms with Gasteiger partial charge in [-0.25, -0.2) is 0 Å². The van der Waals surface area contributed by atoms with Gasteiger partial charge in [-0.1, -0.05) is 26.2 Å². The zero-order chi connectivity index (χ0) is 12.7. The van der Waals surface area contributed by atoms with E-state index in [1.807, 2.05) is 18.4 Å². The van der Waals surface area contributed by atoms with Crippen molar-refractivity contribution in [3.05, 3.63) is 29.3 Å². The number of rotatable bonds is 7. The average Bonchev–Trinajstić information content (AvgIpc) is 2.34. The van der Waals surface area contributed by atoms with Crippen LogP contribution in [0.4, 0.5) is 0 Å². The lowest BCUT2D eigenvalue weighted by Crippen LogP contribution is -1.94. The van der Waals surface area contributed by atoms with Crippen LogP contribution in [0.5, 0.6) is 0 Å². The van der Waals surface area contributed by atoms with E-state index in [0.717, 1.165) is 11.3 Å². The molecule has 0 bridgehead atoms. The van der Waals surface area contributed by atoms with Crippen LogP contribution in [-0.4, -0.2) is 11.5 Å². The maximum atomic E-state index is 11.2. The number of carbonyl (C=O) groups excluding carboxylic acids is 1. The van der Waals surface area contributed by atoms with Crippen molar-refractivity contribution in [2.75, 3.05) is 6.26 Å². The maximum absolute atomic E-state index is 11.2. The number of benzene rings is 1. The Balaban J connectivity index is 2.70. The van der Waals surface area contributed by atoms with Crippen LogP contribution in [0.1, 0.15) is 48.5 Å². The molecular weight excluding hydrogens is 252 g/mol. The number of thioether (sulfide) groups is 1. The van der Waals surface area contributed by atoms with Gasteiger partial charge in [0.2, 0.25) is 0 Å². The van der Waals surface area contributed by atoms with Crippen molar-refractivity contribution >= 4 is 28.6 Å². The minimum absolute atomic E-state index is 0.365. The van der Waals surface area contributed by atoms with Crippen LogP contribution in [0.15, 0.2) is 23.1 Å². The first kappa shape index (κ1) is 14.6. The first-order valence-electron chi connectivity index (χ1n) is 6.05. The SMILES string of the molecule is CCCCCCc1cc(SC)cc(C(=O)Cl)c1. The summed E-state index contributed by atoms with van der Waals surface area (Å²) in [6.07, 6.45) is 8.01. The number of hydrogen-bond acceptors (Lipinski definition) is 2.